The normalized spacial score (nSPS) is 10.7. The number of hydrogen-bond acceptors (Lipinski definition) is 4. The minimum absolute atomic E-state index is 0.166. The van der Waals surface area contributed by atoms with Gasteiger partial charge in [-0.3, -0.25) is 10.1 Å². The number of hydrogen-bond donors (Lipinski definition) is 2. The summed E-state index contributed by atoms with van der Waals surface area (Å²) >= 11 is 8.55. The van der Waals surface area contributed by atoms with Gasteiger partial charge in [0.25, 0.3) is 5.91 Å². The predicted molar refractivity (Wildman–Crippen MR) is 117 cm³/mol. The van der Waals surface area contributed by atoms with Crippen molar-refractivity contribution in [1.82, 2.24) is 10.3 Å². The standard InChI is InChI=1S/C21H13BrFN3O2S/c22-14-5-1-12(2-6-14)19(27)26-21(29)24-16-9-10-18-17(11-16)25-20(28-18)13-3-7-15(23)8-4-13/h1-11H,(H2,24,26,27,29). The van der Waals surface area contributed by atoms with Gasteiger partial charge in [-0.05, 0) is 78.9 Å². The largest absolute Gasteiger partial charge is 0.436 e. The highest BCUT2D eigenvalue weighted by Gasteiger charge is 2.11. The van der Waals surface area contributed by atoms with Crippen molar-refractivity contribution >= 4 is 56.0 Å². The topological polar surface area (TPSA) is 67.2 Å². The van der Waals surface area contributed by atoms with Crippen LogP contribution in [0.1, 0.15) is 10.4 Å². The minimum atomic E-state index is -0.324. The molecular weight excluding hydrogens is 457 g/mol. The molecule has 0 aliphatic carbocycles. The Balaban J connectivity index is 1.47. The summed E-state index contributed by atoms with van der Waals surface area (Å²) in [6.07, 6.45) is 0. The molecule has 5 nitrogen and oxygen atoms in total. The predicted octanol–water partition coefficient (Wildman–Crippen LogP) is 5.52. The van der Waals surface area contributed by atoms with Crippen LogP contribution in [0.4, 0.5) is 10.1 Å². The zero-order valence-electron chi connectivity index (χ0n) is 14.8. The molecule has 0 aliphatic heterocycles. The summed E-state index contributed by atoms with van der Waals surface area (Å²) in [4.78, 5) is 16.7. The first kappa shape index (κ1) is 19.2. The third-order valence-corrected chi connectivity index (χ3v) is 4.80. The minimum Gasteiger partial charge on any atom is -0.436 e. The van der Waals surface area contributed by atoms with Crippen molar-refractivity contribution in [3.05, 3.63) is 82.6 Å². The monoisotopic (exact) mass is 469 g/mol. The fourth-order valence-corrected chi connectivity index (χ4v) is 3.13. The van der Waals surface area contributed by atoms with Crippen LogP contribution in [0.2, 0.25) is 0 Å². The van der Waals surface area contributed by atoms with Crippen molar-refractivity contribution < 1.29 is 13.6 Å². The first-order chi connectivity index (χ1) is 14.0. The second kappa shape index (κ2) is 8.10. The maximum absolute atomic E-state index is 13.1. The lowest BCUT2D eigenvalue weighted by atomic mass is 10.2. The Bertz CT molecular complexity index is 1210. The van der Waals surface area contributed by atoms with Crippen LogP contribution >= 0.6 is 28.1 Å². The summed E-state index contributed by atoms with van der Waals surface area (Å²) < 4.78 is 19.7. The van der Waals surface area contributed by atoms with Crippen LogP contribution in [-0.4, -0.2) is 16.0 Å². The van der Waals surface area contributed by atoms with Gasteiger partial charge in [-0.1, -0.05) is 15.9 Å². The Kier molecular flexibility index (Phi) is 5.37. The molecule has 0 atom stereocenters. The van der Waals surface area contributed by atoms with Crippen LogP contribution in [0.5, 0.6) is 0 Å². The van der Waals surface area contributed by atoms with Gasteiger partial charge in [-0.15, -0.1) is 0 Å². The number of benzene rings is 3. The zero-order chi connectivity index (χ0) is 20.4. The lowest BCUT2D eigenvalue weighted by molar-refractivity contribution is 0.0977. The third kappa shape index (κ3) is 4.49. The van der Waals surface area contributed by atoms with Gasteiger partial charge in [0.15, 0.2) is 10.7 Å². The van der Waals surface area contributed by atoms with Gasteiger partial charge in [0, 0.05) is 21.3 Å². The molecule has 29 heavy (non-hydrogen) atoms. The molecular formula is C21H13BrFN3O2S. The highest BCUT2D eigenvalue weighted by molar-refractivity contribution is 9.10. The van der Waals surface area contributed by atoms with Gasteiger partial charge in [0.05, 0.1) is 0 Å². The summed E-state index contributed by atoms with van der Waals surface area (Å²) in [5, 5.41) is 5.76. The number of amides is 1. The molecule has 0 unspecified atom stereocenters. The molecule has 0 radical (unpaired) electrons. The van der Waals surface area contributed by atoms with Gasteiger partial charge >= 0.3 is 0 Å². The van der Waals surface area contributed by atoms with Crippen LogP contribution in [0.15, 0.2) is 75.6 Å². The zero-order valence-corrected chi connectivity index (χ0v) is 17.2. The molecule has 1 aromatic heterocycles. The second-order valence-electron chi connectivity index (χ2n) is 6.12. The summed E-state index contributed by atoms with van der Waals surface area (Å²) in [6.45, 7) is 0. The molecule has 2 N–H and O–H groups in total. The van der Waals surface area contributed by atoms with Crippen molar-refractivity contribution in [3.63, 3.8) is 0 Å². The highest BCUT2D eigenvalue weighted by atomic mass is 79.9. The summed E-state index contributed by atoms with van der Waals surface area (Å²) in [7, 11) is 0. The molecule has 8 heteroatoms. The molecule has 1 heterocycles. The number of carbonyl (C=O) groups excluding carboxylic acids is 1. The number of fused-ring (bicyclic) bond motifs is 1. The molecule has 0 fully saturated rings. The first-order valence-electron chi connectivity index (χ1n) is 8.52. The maximum Gasteiger partial charge on any atom is 0.257 e. The third-order valence-electron chi connectivity index (χ3n) is 4.07. The van der Waals surface area contributed by atoms with E-state index in [0.717, 1.165) is 4.47 Å². The van der Waals surface area contributed by atoms with Crippen molar-refractivity contribution in [3.8, 4) is 11.5 Å². The van der Waals surface area contributed by atoms with Gasteiger partial charge in [-0.25, -0.2) is 9.37 Å². The van der Waals surface area contributed by atoms with E-state index in [-0.39, 0.29) is 16.8 Å². The maximum atomic E-state index is 13.1. The molecule has 0 spiro atoms. The fraction of sp³-hybridized carbons (Fsp3) is 0. The molecule has 0 saturated heterocycles. The molecule has 0 saturated carbocycles. The van der Waals surface area contributed by atoms with Gasteiger partial charge < -0.3 is 9.73 Å². The van der Waals surface area contributed by atoms with Crippen molar-refractivity contribution in [2.75, 3.05) is 5.32 Å². The van der Waals surface area contributed by atoms with E-state index >= 15 is 0 Å². The smallest absolute Gasteiger partial charge is 0.257 e. The lowest BCUT2D eigenvalue weighted by Gasteiger charge is -2.09. The van der Waals surface area contributed by atoms with Gasteiger partial charge in [0.1, 0.15) is 11.3 Å². The van der Waals surface area contributed by atoms with E-state index < -0.39 is 0 Å². The van der Waals surface area contributed by atoms with Crippen LogP contribution in [-0.2, 0) is 0 Å². The lowest BCUT2D eigenvalue weighted by Crippen LogP contribution is -2.34. The Morgan fingerprint density at radius 1 is 1.03 bits per heavy atom. The number of thiocarbonyl (C=S) groups is 1. The number of halogens is 2. The number of nitrogens with zero attached hydrogens (tertiary/aromatic N) is 1. The summed E-state index contributed by atoms with van der Waals surface area (Å²) in [5.74, 6) is -0.241. The molecule has 4 aromatic rings. The number of anilines is 1. The van der Waals surface area contributed by atoms with Gasteiger partial charge in [0.2, 0.25) is 5.89 Å². The molecule has 3 aromatic carbocycles. The van der Waals surface area contributed by atoms with Crippen LogP contribution in [0.3, 0.4) is 0 Å². The van der Waals surface area contributed by atoms with E-state index in [1.54, 1.807) is 54.6 Å². The van der Waals surface area contributed by atoms with Crippen molar-refractivity contribution in [2.45, 2.75) is 0 Å². The van der Waals surface area contributed by atoms with E-state index in [1.807, 2.05) is 0 Å². The fourth-order valence-electron chi connectivity index (χ4n) is 2.66. The molecule has 144 valence electrons. The first-order valence-corrected chi connectivity index (χ1v) is 9.72. The van der Waals surface area contributed by atoms with Crippen LogP contribution in [0, 0.1) is 5.82 Å². The van der Waals surface area contributed by atoms with Crippen LogP contribution in [0.25, 0.3) is 22.6 Å². The SMILES string of the molecule is O=C(NC(=S)Nc1ccc2oc(-c3ccc(F)cc3)nc2c1)c1ccc(Br)cc1. The quantitative estimate of drug-likeness (QED) is 0.386. The van der Waals surface area contributed by atoms with E-state index in [2.05, 4.69) is 31.5 Å². The Morgan fingerprint density at radius 3 is 2.48 bits per heavy atom. The Hall–Kier alpha value is -3.10. The van der Waals surface area contributed by atoms with E-state index in [4.69, 9.17) is 16.6 Å². The number of nitrogens with one attached hydrogen (secondary N) is 2. The average Bonchev–Trinajstić information content (AvgIpc) is 3.12. The highest BCUT2D eigenvalue weighted by Crippen LogP contribution is 2.26. The Morgan fingerprint density at radius 2 is 1.76 bits per heavy atom. The number of aromatic nitrogens is 1. The summed E-state index contributed by atoms with van der Waals surface area (Å²) in [5.41, 5.74) is 3.01. The van der Waals surface area contributed by atoms with E-state index in [0.29, 0.717) is 33.8 Å². The molecule has 0 aliphatic rings. The molecule has 1 amide bonds. The van der Waals surface area contributed by atoms with Crippen LogP contribution < -0.4 is 10.6 Å². The van der Waals surface area contributed by atoms with E-state index in [1.165, 1.54) is 12.1 Å². The Labute approximate surface area is 179 Å². The molecule has 4 rings (SSSR count). The summed E-state index contributed by atoms with van der Waals surface area (Å²) in [6, 6.07) is 18.1. The number of carbonyl (C=O) groups is 1. The van der Waals surface area contributed by atoms with Crippen molar-refractivity contribution in [2.24, 2.45) is 0 Å². The molecule has 0 bridgehead atoms. The van der Waals surface area contributed by atoms with Gasteiger partial charge in [-0.2, -0.15) is 0 Å². The number of oxazole rings is 1. The number of rotatable bonds is 3. The second-order valence-corrected chi connectivity index (χ2v) is 7.45. The average molecular weight is 470 g/mol. The van der Waals surface area contributed by atoms with Crippen molar-refractivity contribution in [1.29, 1.82) is 0 Å². The van der Waals surface area contributed by atoms with E-state index in [9.17, 15) is 9.18 Å².